The lowest BCUT2D eigenvalue weighted by Crippen LogP contribution is -2.28. The summed E-state index contributed by atoms with van der Waals surface area (Å²) in [5, 5.41) is 5.79. The molecule has 0 fully saturated rings. The van der Waals surface area contributed by atoms with E-state index in [1.807, 2.05) is 20.8 Å². The van der Waals surface area contributed by atoms with Gasteiger partial charge in [-0.2, -0.15) is 0 Å². The van der Waals surface area contributed by atoms with E-state index in [-0.39, 0.29) is 18.3 Å². The van der Waals surface area contributed by atoms with Crippen molar-refractivity contribution in [3.63, 3.8) is 0 Å². The van der Waals surface area contributed by atoms with Gasteiger partial charge in [-0.25, -0.2) is 4.39 Å². The molecule has 0 radical (unpaired) electrons. The van der Waals surface area contributed by atoms with Crippen molar-refractivity contribution in [2.24, 2.45) is 0 Å². The lowest BCUT2D eigenvalue weighted by molar-refractivity contribution is -0.123. The first-order chi connectivity index (χ1) is 9.02. The van der Waals surface area contributed by atoms with Gasteiger partial charge in [-0.15, -0.1) is 0 Å². The van der Waals surface area contributed by atoms with E-state index in [1.165, 1.54) is 6.07 Å². The predicted molar refractivity (Wildman–Crippen MR) is 72.6 cm³/mol. The molecule has 2 N–H and O–H groups in total. The summed E-state index contributed by atoms with van der Waals surface area (Å²) in [6.07, 6.45) is 0. The van der Waals surface area contributed by atoms with Crippen LogP contribution in [0.2, 0.25) is 0 Å². The lowest BCUT2D eigenvalue weighted by atomic mass is 10.2. The second-order valence-electron chi connectivity index (χ2n) is 4.54. The molecule has 0 aromatic heterocycles. The molecule has 0 heterocycles. The van der Waals surface area contributed by atoms with E-state index in [2.05, 4.69) is 10.6 Å². The lowest BCUT2D eigenvalue weighted by Gasteiger charge is -2.10. The number of ether oxygens (including phenoxy) is 1. The molecule has 0 aliphatic rings. The van der Waals surface area contributed by atoms with Crippen LogP contribution < -0.4 is 15.4 Å². The molecule has 0 bridgehead atoms. The molecule has 0 aliphatic carbocycles. The summed E-state index contributed by atoms with van der Waals surface area (Å²) in [6.45, 7) is 6.83. The SMILES string of the molecule is CCNC(=O)COc1ccc(CNC(C)C)cc1F. The highest BCUT2D eigenvalue weighted by Crippen LogP contribution is 2.18. The minimum Gasteiger partial charge on any atom is -0.481 e. The number of benzene rings is 1. The third-order valence-corrected chi connectivity index (χ3v) is 2.44. The summed E-state index contributed by atoms with van der Waals surface area (Å²) < 4.78 is 18.9. The van der Waals surface area contributed by atoms with Gasteiger partial charge in [0.1, 0.15) is 0 Å². The summed E-state index contributed by atoms with van der Waals surface area (Å²) in [5.74, 6) is -0.612. The monoisotopic (exact) mass is 268 g/mol. The summed E-state index contributed by atoms with van der Waals surface area (Å²) in [6, 6.07) is 5.09. The molecule has 1 aromatic rings. The van der Waals surface area contributed by atoms with Crippen LogP contribution in [-0.4, -0.2) is 25.1 Å². The smallest absolute Gasteiger partial charge is 0.257 e. The minimum atomic E-state index is -0.452. The Hall–Kier alpha value is -1.62. The standard InChI is InChI=1S/C14H21FN2O2/c1-4-16-14(18)9-19-13-6-5-11(7-12(13)15)8-17-10(2)3/h5-7,10,17H,4,8-9H2,1-3H3,(H,16,18). The largest absolute Gasteiger partial charge is 0.481 e. The minimum absolute atomic E-state index is 0.0968. The maximum Gasteiger partial charge on any atom is 0.257 e. The fraction of sp³-hybridized carbons (Fsp3) is 0.500. The maximum atomic E-state index is 13.7. The number of likely N-dealkylation sites (N-methyl/N-ethyl adjacent to an activating group) is 1. The number of rotatable bonds is 7. The Morgan fingerprint density at radius 3 is 2.74 bits per heavy atom. The van der Waals surface area contributed by atoms with Gasteiger partial charge < -0.3 is 15.4 Å². The third kappa shape index (κ3) is 5.70. The van der Waals surface area contributed by atoms with Crippen molar-refractivity contribution in [2.45, 2.75) is 33.4 Å². The Morgan fingerprint density at radius 2 is 2.16 bits per heavy atom. The highest BCUT2D eigenvalue weighted by molar-refractivity contribution is 5.77. The Bertz CT molecular complexity index is 422. The molecule has 0 atom stereocenters. The predicted octanol–water partition coefficient (Wildman–Crippen LogP) is 1.84. The molecule has 0 saturated carbocycles. The van der Waals surface area contributed by atoms with Crippen LogP contribution in [0.1, 0.15) is 26.3 Å². The van der Waals surface area contributed by atoms with E-state index in [0.717, 1.165) is 5.56 Å². The number of halogens is 1. The van der Waals surface area contributed by atoms with Crippen LogP contribution in [-0.2, 0) is 11.3 Å². The van der Waals surface area contributed by atoms with Crippen LogP contribution in [0.15, 0.2) is 18.2 Å². The topological polar surface area (TPSA) is 50.4 Å². The first kappa shape index (κ1) is 15.4. The molecule has 0 aliphatic heterocycles. The fourth-order valence-electron chi connectivity index (χ4n) is 1.48. The van der Waals surface area contributed by atoms with E-state index in [4.69, 9.17) is 4.74 Å². The first-order valence-electron chi connectivity index (χ1n) is 6.44. The summed E-state index contributed by atoms with van der Waals surface area (Å²) >= 11 is 0. The molecule has 0 unspecified atom stereocenters. The van der Waals surface area contributed by atoms with Gasteiger partial charge in [0, 0.05) is 19.1 Å². The second-order valence-corrected chi connectivity index (χ2v) is 4.54. The van der Waals surface area contributed by atoms with E-state index < -0.39 is 5.82 Å². The van der Waals surface area contributed by atoms with Crippen molar-refractivity contribution in [3.05, 3.63) is 29.6 Å². The van der Waals surface area contributed by atoms with Gasteiger partial charge in [-0.05, 0) is 24.6 Å². The highest BCUT2D eigenvalue weighted by atomic mass is 19.1. The van der Waals surface area contributed by atoms with E-state index in [0.29, 0.717) is 19.1 Å². The zero-order valence-corrected chi connectivity index (χ0v) is 11.6. The van der Waals surface area contributed by atoms with E-state index >= 15 is 0 Å². The highest BCUT2D eigenvalue weighted by Gasteiger charge is 2.07. The molecule has 4 nitrogen and oxygen atoms in total. The zero-order valence-electron chi connectivity index (χ0n) is 11.6. The normalized spacial score (nSPS) is 10.6. The summed E-state index contributed by atoms with van der Waals surface area (Å²) in [4.78, 5) is 11.2. The number of carbonyl (C=O) groups is 1. The Kier molecular flexibility index (Phi) is 6.29. The average Bonchev–Trinajstić information content (AvgIpc) is 2.35. The molecular formula is C14H21FN2O2. The Morgan fingerprint density at radius 1 is 1.42 bits per heavy atom. The van der Waals surface area contributed by atoms with E-state index in [1.54, 1.807) is 12.1 Å². The van der Waals surface area contributed by atoms with Gasteiger partial charge in [-0.1, -0.05) is 19.9 Å². The van der Waals surface area contributed by atoms with Crippen molar-refractivity contribution < 1.29 is 13.9 Å². The molecule has 106 valence electrons. The number of carbonyl (C=O) groups excluding carboxylic acids is 1. The van der Waals surface area contributed by atoms with Gasteiger partial charge in [0.25, 0.3) is 5.91 Å². The van der Waals surface area contributed by atoms with Gasteiger partial charge in [0.2, 0.25) is 0 Å². The van der Waals surface area contributed by atoms with E-state index in [9.17, 15) is 9.18 Å². The summed E-state index contributed by atoms with van der Waals surface area (Å²) in [5.41, 5.74) is 0.844. The Balaban J connectivity index is 2.54. The van der Waals surface area contributed by atoms with Crippen LogP contribution in [0.4, 0.5) is 4.39 Å². The molecule has 0 saturated heterocycles. The van der Waals surface area contributed by atoms with Crippen molar-refractivity contribution >= 4 is 5.91 Å². The van der Waals surface area contributed by atoms with Crippen LogP contribution >= 0.6 is 0 Å². The molecule has 5 heteroatoms. The van der Waals surface area contributed by atoms with Gasteiger partial charge >= 0.3 is 0 Å². The van der Waals surface area contributed by atoms with Crippen molar-refractivity contribution in [1.29, 1.82) is 0 Å². The zero-order chi connectivity index (χ0) is 14.3. The quantitative estimate of drug-likeness (QED) is 0.793. The van der Waals surface area contributed by atoms with Gasteiger partial charge in [0.05, 0.1) is 0 Å². The average molecular weight is 268 g/mol. The maximum absolute atomic E-state index is 13.7. The molecule has 1 amide bonds. The van der Waals surface area contributed by atoms with Crippen molar-refractivity contribution in [1.82, 2.24) is 10.6 Å². The first-order valence-corrected chi connectivity index (χ1v) is 6.44. The molecule has 0 spiro atoms. The molecule has 1 aromatic carbocycles. The second kappa shape index (κ2) is 7.74. The van der Waals surface area contributed by atoms with Crippen molar-refractivity contribution in [3.8, 4) is 5.75 Å². The van der Waals surface area contributed by atoms with Crippen molar-refractivity contribution in [2.75, 3.05) is 13.2 Å². The van der Waals surface area contributed by atoms with Crippen LogP contribution in [0.25, 0.3) is 0 Å². The Labute approximate surface area is 113 Å². The van der Waals surface area contributed by atoms with Crippen LogP contribution in [0.3, 0.4) is 0 Å². The number of nitrogens with one attached hydrogen (secondary N) is 2. The molecule has 1 rings (SSSR count). The number of hydrogen-bond acceptors (Lipinski definition) is 3. The van der Waals surface area contributed by atoms with Gasteiger partial charge in [-0.3, -0.25) is 4.79 Å². The fourth-order valence-corrected chi connectivity index (χ4v) is 1.48. The molecule has 19 heavy (non-hydrogen) atoms. The van der Waals surface area contributed by atoms with Gasteiger partial charge in [0.15, 0.2) is 18.2 Å². The van der Waals surface area contributed by atoms with Crippen LogP contribution in [0, 0.1) is 5.82 Å². The summed E-state index contributed by atoms with van der Waals surface area (Å²) in [7, 11) is 0. The number of hydrogen-bond donors (Lipinski definition) is 2. The molecular weight excluding hydrogens is 247 g/mol. The van der Waals surface area contributed by atoms with Crippen LogP contribution in [0.5, 0.6) is 5.75 Å². The number of amides is 1. The third-order valence-electron chi connectivity index (χ3n) is 2.44.